The maximum atomic E-state index is 13.0. The molecular weight excluding hydrogens is 463 g/mol. The van der Waals surface area contributed by atoms with E-state index in [1.54, 1.807) is 12.3 Å². The number of aromatic nitrogens is 4. The van der Waals surface area contributed by atoms with Crippen molar-refractivity contribution in [1.29, 1.82) is 0 Å². The molecule has 11 heteroatoms. The number of aromatic hydroxyl groups is 1. The summed E-state index contributed by atoms with van der Waals surface area (Å²) in [7, 11) is 0. The number of nitrogens with one attached hydrogen (secondary N) is 1. The molecule has 2 N–H and O–H groups in total. The minimum atomic E-state index is -4.43. The number of alkyl halides is 3. The Labute approximate surface area is 196 Å². The van der Waals surface area contributed by atoms with Gasteiger partial charge in [0.05, 0.1) is 22.2 Å². The molecule has 2 aliphatic heterocycles. The van der Waals surface area contributed by atoms with E-state index in [0.717, 1.165) is 12.1 Å². The van der Waals surface area contributed by atoms with Crippen LogP contribution >= 0.6 is 0 Å². The number of carbonyl (C=O) groups is 1. The lowest BCUT2D eigenvalue weighted by Gasteiger charge is -2.38. The third kappa shape index (κ3) is 3.54. The van der Waals surface area contributed by atoms with Gasteiger partial charge >= 0.3 is 12.1 Å². The van der Waals surface area contributed by atoms with Crippen LogP contribution in [0.2, 0.25) is 0 Å². The van der Waals surface area contributed by atoms with Crippen molar-refractivity contribution in [2.24, 2.45) is 0 Å². The number of hydrogen-bond acceptors (Lipinski definition) is 7. The molecule has 1 spiro atoms. The smallest absolute Gasteiger partial charge is 0.416 e. The molecular formula is C24H18F3N5O3. The molecule has 0 radical (unpaired) electrons. The highest BCUT2D eigenvalue weighted by Crippen LogP contribution is 2.44. The average molecular weight is 481 g/mol. The molecule has 8 nitrogen and oxygen atoms in total. The molecule has 35 heavy (non-hydrogen) atoms. The molecule has 178 valence electrons. The zero-order chi connectivity index (χ0) is 24.4. The van der Waals surface area contributed by atoms with Gasteiger partial charge in [0, 0.05) is 43.8 Å². The molecule has 2 aliphatic rings. The Morgan fingerprint density at radius 3 is 2.57 bits per heavy atom. The maximum Gasteiger partial charge on any atom is 0.416 e. The molecule has 0 aliphatic carbocycles. The van der Waals surface area contributed by atoms with Crippen molar-refractivity contribution in [3.63, 3.8) is 0 Å². The Balaban J connectivity index is 1.20. The Bertz CT molecular complexity index is 1460. The summed E-state index contributed by atoms with van der Waals surface area (Å²) in [5.41, 5.74) is 0.628. The van der Waals surface area contributed by atoms with E-state index in [2.05, 4.69) is 24.8 Å². The summed E-state index contributed by atoms with van der Waals surface area (Å²) >= 11 is 0. The summed E-state index contributed by atoms with van der Waals surface area (Å²) in [6, 6.07) is 9.93. The SMILES string of the molecule is O=C1OC2(CCN(c3ccc(-c4nc5cc(C(F)(F)F)ccc5[nH]4)cn3)CC2)c2nc(O)ccc21. The van der Waals surface area contributed by atoms with Crippen LogP contribution in [-0.4, -0.2) is 44.1 Å². The van der Waals surface area contributed by atoms with Crippen LogP contribution in [0.3, 0.4) is 0 Å². The van der Waals surface area contributed by atoms with Crippen LogP contribution in [0.5, 0.6) is 5.88 Å². The molecule has 0 atom stereocenters. The maximum absolute atomic E-state index is 13.0. The summed E-state index contributed by atoms with van der Waals surface area (Å²) in [6.07, 6.45) is -1.82. The standard InChI is InChI=1S/C24H18F3N5O3/c25-24(26,27)14-2-4-16-17(11-14)30-21(29-16)13-1-5-18(28-12-13)32-9-7-23(8-10-32)20-15(22(34)35-23)3-6-19(33)31-20/h1-6,11-12H,7-10H2,(H,29,30)(H,31,33). The first-order chi connectivity index (χ1) is 16.7. The van der Waals surface area contributed by atoms with Crippen LogP contribution in [0.4, 0.5) is 19.0 Å². The number of benzene rings is 1. The Hall–Kier alpha value is -4.15. The molecule has 1 saturated heterocycles. The number of H-pyrrole nitrogens is 1. The second-order valence-electron chi connectivity index (χ2n) is 8.66. The fraction of sp³-hybridized carbons (Fsp3) is 0.250. The van der Waals surface area contributed by atoms with Gasteiger partial charge in [-0.2, -0.15) is 13.2 Å². The Morgan fingerprint density at radius 2 is 1.86 bits per heavy atom. The predicted octanol–water partition coefficient (Wildman–Crippen LogP) is 4.41. The number of ether oxygens (including phenoxy) is 1. The van der Waals surface area contributed by atoms with Gasteiger partial charge in [0.25, 0.3) is 0 Å². The zero-order valence-corrected chi connectivity index (χ0v) is 18.1. The van der Waals surface area contributed by atoms with Crippen molar-refractivity contribution >= 4 is 22.8 Å². The predicted molar refractivity (Wildman–Crippen MR) is 119 cm³/mol. The highest BCUT2D eigenvalue weighted by atomic mass is 19.4. The molecule has 3 aromatic heterocycles. The van der Waals surface area contributed by atoms with E-state index in [1.807, 2.05) is 6.07 Å². The van der Waals surface area contributed by atoms with E-state index in [4.69, 9.17) is 4.74 Å². The highest BCUT2D eigenvalue weighted by molar-refractivity contribution is 5.94. The lowest BCUT2D eigenvalue weighted by atomic mass is 9.87. The van der Waals surface area contributed by atoms with Crippen LogP contribution in [0, 0.1) is 0 Å². The second kappa shape index (κ2) is 7.42. The molecule has 6 rings (SSSR count). The fourth-order valence-corrected chi connectivity index (χ4v) is 4.71. The Morgan fingerprint density at radius 1 is 1.06 bits per heavy atom. The number of nitrogens with zero attached hydrogens (tertiary/aromatic N) is 4. The quantitative estimate of drug-likeness (QED) is 0.409. The molecule has 0 saturated carbocycles. The van der Waals surface area contributed by atoms with E-state index >= 15 is 0 Å². The number of aromatic amines is 1. The molecule has 1 aromatic carbocycles. The number of piperidine rings is 1. The third-order valence-corrected chi connectivity index (χ3v) is 6.55. The van der Waals surface area contributed by atoms with E-state index in [1.165, 1.54) is 18.2 Å². The van der Waals surface area contributed by atoms with Gasteiger partial charge in [-0.1, -0.05) is 0 Å². The number of esters is 1. The summed E-state index contributed by atoms with van der Waals surface area (Å²) < 4.78 is 44.6. The largest absolute Gasteiger partial charge is 0.493 e. The molecule has 0 amide bonds. The minimum Gasteiger partial charge on any atom is -0.493 e. The summed E-state index contributed by atoms with van der Waals surface area (Å²) in [5, 5.41) is 9.79. The van der Waals surface area contributed by atoms with Gasteiger partial charge < -0.3 is 19.7 Å². The minimum absolute atomic E-state index is 0.152. The first-order valence-corrected chi connectivity index (χ1v) is 10.9. The number of fused-ring (bicyclic) bond motifs is 3. The molecule has 4 aromatic rings. The summed E-state index contributed by atoms with van der Waals surface area (Å²) in [4.78, 5) is 30.3. The van der Waals surface area contributed by atoms with Crippen LogP contribution in [0.15, 0.2) is 48.7 Å². The molecule has 0 unspecified atom stereocenters. The normalized spacial score (nSPS) is 17.1. The number of anilines is 1. The van der Waals surface area contributed by atoms with Gasteiger partial charge in [0.1, 0.15) is 17.3 Å². The molecule has 0 bridgehead atoms. The van der Waals surface area contributed by atoms with E-state index in [-0.39, 0.29) is 11.4 Å². The van der Waals surface area contributed by atoms with Crippen LogP contribution < -0.4 is 4.90 Å². The number of rotatable bonds is 2. The van der Waals surface area contributed by atoms with Gasteiger partial charge in [-0.3, -0.25) is 0 Å². The van der Waals surface area contributed by atoms with E-state index in [9.17, 15) is 23.1 Å². The van der Waals surface area contributed by atoms with Crippen LogP contribution in [0.25, 0.3) is 22.4 Å². The van der Waals surface area contributed by atoms with Gasteiger partial charge in [-0.25, -0.2) is 19.7 Å². The topological polar surface area (TPSA) is 104 Å². The number of carbonyl (C=O) groups excluding carboxylic acids is 1. The van der Waals surface area contributed by atoms with E-state index < -0.39 is 23.3 Å². The number of imidazole rings is 1. The van der Waals surface area contributed by atoms with Crippen LogP contribution in [-0.2, 0) is 16.5 Å². The van der Waals surface area contributed by atoms with Gasteiger partial charge in [0.15, 0.2) is 5.60 Å². The van der Waals surface area contributed by atoms with Crippen molar-refractivity contribution < 1.29 is 27.8 Å². The van der Waals surface area contributed by atoms with Crippen LogP contribution in [0.1, 0.15) is 34.5 Å². The van der Waals surface area contributed by atoms with Crippen molar-refractivity contribution in [2.75, 3.05) is 18.0 Å². The lowest BCUT2D eigenvalue weighted by molar-refractivity contribution is -0.137. The first-order valence-electron chi connectivity index (χ1n) is 10.9. The summed E-state index contributed by atoms with van der Waals surface area (Å²) in [6.45, 7) is 1.11. The van der Waals surface area contributed by atoms with Crippen molar-refractivity contribution in [3.8, 4) is 17.3 Å². The van der Waals surface area contributed by atoms with Gasteiger partial charge in [-0.05, 0) is 36.4 Å². The lowest BCUT2D eigenvalue weighted by Crippen LogP contribution is -2.43. The number of pyridine rings is 2. The third-order valence-electron chi connectivity index (χ3n) is 6.55. The number of hydrogen-bond donors (Lipinski definition) is 2. The summed E-state index contributed by atoms with van der Waals surface area (Å²) in [5.74, 6) is 0.557. The van der Waals surface area contributed by atoms with Crippen molar-refractivity contribution in [2.45, 2.75) is 24.6 Å². The first kappa shape index (κ1) is 21.4. The Kier molecular flexibility index (Phi) is 4.54. The van der Waals surface area contributed by atoms with Crippen molar-refractivity contribution in [3.05, 3.63) is 65.5 Å². The molecule has 5 heterocycles. The zero-order valence-electron chi connectivity index (χ0n) is 18.1. The second-order valence-corrected chi connectivity index (χ2v) is 8.66. The van der Waals surface area contributed by atoms with Gasteiger partial charge in [-0.15, -0.1) is 0 Å². The number of halogens is 3. The van der Waals surface area contributed by atoms with Gasteiger partial charge in [0.2, 0.25) is 5.88 Å². The molecule has 1 fully saturated rings. The monoisotopic (exact) mass is 481 g/mol. The van der Waals surface area contributed by atoms with Crippen molar-refractivity contribution in [1.82, 2.24) is 19.9 Å². The highest BCUT2D eigenvalue weighted by Gasteiger charge is 2.49. The fourth-order valence-electron chi connectivity index (χ4n) is 4.71. The average Bonchev–Trinajstić information content (AvgIpc) is 3.38. The van der Waals surface area contributed by atoms with E-state index in [0.29, 0.717) is 59.9 Å².